The van der Waals surface area contributed by atoms with Crippen molar-refractivity contribution in [1.29, 1.82) is 0 Å². The van der Waals surface area contributed by atoms with Gasteiger partial charge in [0.25, 0.3) is 5.91 Å². The number of halogens is 1. The summed E-state index contributed by atoms with van der Waals surface area (Å²) in [6, 6.07) is 18.5. The van der Waals surface area contributed by atoms with E-state index >= 15 is 0 Å². The van der Waals surface area contributed by atoms with E-state index in [1.165, 1.54) is 0 Å². The molecule has 7 heteroatoms. The van der Waals surface area contributed by atoms with Crippen LogP contribution < -0.4 is 5.32 Å². The van der Waals surface area contributed by atoms with E-state index in [0.717, 1.165) is 21.5 Å². The molecule has 1 unspecified atom stereocenters. The SMILES string of the molecule is O=C(Nc1ccccc1Br)c1ccc(C2SCC(=O)N2Cc2ccco2)cc1. The standard InChI is InChI=1S/C21H17BrN2O3S/c22-17-5-1-2-6-18(17)23-20(26)14-7-9-15(10-8-14)21-24(19(25)13-28-21)12-16-4-3-11-27-16/h1-11,21H,12-13H2,(H,23,26). The summed E-state index contributed by atoms with van der Waals surface area (Å²) in [5.74, 6) is 1.10. The van der Waals surface area contributed by atoms with Crippen LogP contribution in [0.3, 0.4) is 0 Å². The predicted octanol–water partition coefficient (Wildman–Crippen LogP) is 5.07. The average Bonchev–Trinajstić information content (AvgIpc) is 3.35. The summed E-state index contributed by atoms with van der Waals surface area (Å²) >= 11 is 5.01. The molecular formula is C21H17BrN2O3S. The van der Waals surface area contributed by atoms with Crippen LogP contribution in [-0.2, 0) is 11.3 Å². The maximum Gasteiger partial charge on any atom is 0.255 e. The van der Waals surface area contributed by atoms with Crippen molar-refractivity contribution in [3.05, 3.63) is 88.3 Å². The van der Waals surface area contributed by atoms with Gasteiger partial charge in [-0.15, -0.1) is 11.8 Å². The third-order valence-corrected chi connectivity index (χ3v) is 6.40. The fourth-order valence-corrected chi connectivity index (χ4v) is 4.60. The molecule has 3 aromatic rings. The van der Waals surface area contributed by atoms with Gasteiger partial charge in [-0.05, 0) is 57.9 Å². The van der Waals surface area contributed by atoms with Crippen LogP contribution in [0.4, 0.5) is 5.69 Å². The van der Waals surface area contributed by atoms with E-state index in [4.69, 9.17) is 4.42 Å². The number of para-hydroxylation sites is 1. The maximum atomic E-state index is 12.5. The van der Waals surface area contributed by atoms with Crippen molar-refractivity contribution in [1.82, 2.24) is 4.90 Å². The van der Waals surface area contributed by atoms with Crippen molar-refractivity contribution in [2.24, 2.45) is 0 Å². The molecule has 0 radical (unpaired) electrons. The number of nitrogens with zero attached hydrogens (tertiary/aromatic N) is 1. The van der Waals surface area contributed by atoms with Crippen molar-refractivity contribution in [3.63, 3.8) is 0 Å². The molecule has 1 aromatic heterocycles. The molecule has 0 bridgehead atoms. The first-order chi connectivity index (χ1) is 13.6. The van der Waals surface area contributed by atoms with Crippen LogP contribution in [0.25, 0.3) is 0 Å². The molecule has 1 N–H and O–H groups in total. The fraction of sp³-hybridized carbons (Fsp3) is 0.143. The van der Waals surface area contributed by atoms with E-state index in [-0.39, 0.29) is 17.2 Å². The molecule has 1 aliphatic rings. The van der Waals surface area contributed by atoms with Crippen molar-refractivity contribution in [3.8, 4) is 0 Å². The molecule has 2 amide bonds. The van der Waals surface area contributed by atoms with E-state index in [2.05, 4.69) is 21.2 Å². The molecule has 0 saturated carbocycles. The van der Waals surface area contributed by atoms with Gasteiger partial charge in [-0.25, -0.2) is 0 Å². The smallest absolute Gasteiger partial charge is 0.255 e. The Labute approximate surface area is 175 Å². The lowest BCUT2D eigenvalue weighted by Gasteiger charge is -2.23. The monoisotopic (exact) mass is 456 g/mol. The summed E-state index contributed by atoms with van der Waals surface area (Å²) in [4.78, 5) is 26.6. The van der Waals surface area contributed by atoms with Gasteiger partial charge in [-0.1, -0.05) is 24.3 Å². The van der Waals surface area contributed by atoms with Crippen molar-refractivity contribution in [2.75, 3.05) is 11.1 Å². The largest absolute Gasteiger partial charge is 0.467 e. The summed E-state index contributed by atoms with van der Waals surface area (Å²) in [7, 11) is 0. The Bertz CT molecular complexity index is 989. The molecule has 1 atom stereocenters. The number of furan rings is 1. The Morgan fingerprint density at radius 3 is 2.64 bits per heavy atom. The normalized spacial score (nSPS) is 16.4. The second-order valence-electron chi connectivity index (χ2n) is 6.32. The van der Waals surface area contributed by atoms with E-state index < -0.39 is 0 Å². The minimum Gasteiger partial charge on any atom is -0.467 e. The van der Waals surface area contributed by atoms with Crippen molar-refractivity contribution in [2.45, 2.75) is 11.9 Å². The van der Waals surface area contributed by atoms with Gasteiger partial charge >= 0.3 is 0 Å². The number of carbonyl (C=O) groups is 2. The summed E-state index contributed by atoms with van der Waals surface area (Å²) in [5, 5.41) is 2.81. The van der Waals surface area contributed by atoms with Gasteiger partial charge in [0.05, 0.1) is 24.2 Å². The zero-order valence-corrected chi connectivity index (χ0v) is 17.2. The molecule has 0 aliphatic carbocycles. The molecule has 2 aromatic carbocycles. The number of nitrogens with one attached hydrogen (secondary N) is 1. The zero-order chi connectivity index (χ0) is 19.5. The molecule has 142 valence electrons. The van der Waals surface area contributed by atoms with Crippen LogP contribution in [0, 0.1) is 0 Å². The van der Waals surface area contributed by atoms with Gasteiger partial charge in [-0.3, -0.25) is 9.59 Å². The molecule has 0 spiro atoms. The number of rotatable bonds is 5. The first kappa shape index (κ1) is 18.8. The summed E-state index contributed by atoms with van der Waals surface area (Å²) < 4.78 is 6.21. The van der Waals surface area contributed by atoms with Crippen LogP contribution in [-0.4, -0.2) is 22.5 Å². The Morgan fingerprint density at radius 1 is 1.14 bits per heavy atom. The molecule has 28 heavy (non-hydrogen) atoms. The second-order valence-corrected chi connectivity index (χ2v) is 8.24. The minimum absolute atomic E-state index is 0.0852. The van der Waals surface area contributed by atoms with Crippen LogP contribution in [0.15, 0.2) is 75.8 Å². The molecule has 1 saturated heterocycles. The van der Waals surface area contributed by atoms with Gasteiger partial charge in [0.15, 0.2) is 0 Å². The number of thioether (sulfide) groups is 1. The van der Waals surface area contributed by atoms with E-state index in [0.29, 0.717) is 17.9 Å². The van der Waals surface area contributed by atoms with E-state index in [9.17, 15) is 9.59 Å². The van der Waals surface area contributed by atoms with E-state index in [1.807, 2.05) is 48.5 Å². The Kier molecular flexibility index (Phi) is 5.54. The molecule has 1 aliphatic heterocycles. The average molecular weight is 457 g/mol. The highest BCUT2D eigenvalue weighted by Gasteiger charge is 2.33. The van der Waals surface area contributed by atoms with Crippen molar-refractivity contribution >= 4 is 45.2 Å². The number of carbonyl (C=O) groups excluding carboxylic acids is 2. The number of anilines is 1. The molecule has 4 rings (SSSR count). The van der Waals surface area contributed by atoms with Crippen LogP contribution in [0.1, 0.15) is 27.1 Å². The van der Waals surface area contributed by atoms with Gasteiger partial charge in [0, 0.05) is 10.0 Å². The highest BCUT2D eigenvalue weighted by molar-refractivity contribution is 9.10. The van der Waals surface area contributed by atoms with E-state index in [1.54, 1.807) is 35.1 Å². The molecule has 1 fully saturated rings. The number of hydrogen-bond acceptors (Lipinski definition) is 4. The lowest BCUT2D eigenvalue weighted by atomic mass is 10.1. The second kappa shape index (κ2) is 8.24. The first-order valence-corrected chi connectivity index (χ1v) is 10.6. The number of hydrogen-bond donors (Lipinski definition) is 1. The fourth-order valence-electron chi connectivity index (χ4n) is 3.03. The van der Waals surface area contributed by atoms with Gasteiger partial charge in [0.1, 0.15) is 11.1 Å². The van der Waals surface area contributed by atoms with Crippen LogP contribution in [0.2, 0.25) is 0 Å². The summed E-state index contributed by atoms with van der Waals surface area (Å²) in [6.45, 7) is 0.438. The number of amides is 2. The molecule has 5 nitrogen and oxygen atoms in total. The predicted molar refractivity (Wildman–Crippen MR) is 113 cm³/mol. The third kappa shape index (κ3) is 4.00. The lowest BCUT2D eigenvalue weighted by molar-refractivity contribution is -0.128. The Hall–Kier alpha value is -2.51. The maximum absolute atomic E-state index is 12.5. The summed E-state index contributed by atoms with van der Waals surface area (Å²) in [6.07, 6.45) is 1.61. The van der Waals surface area contributed by atoms with Crippen molar-refractivity contribution < 1.29 is 14.0 Å². The minimum atomic E-state index is -0.180. The molecular weight excluding hydrogens is 440 g/mol. The van der Waals surface area contributed by atoms with Gasteiger partial charge < -0.3 is 14.6 Å². The third-order valence-electron chi connectivity index (χ3n) is 4.45. The summed E-state index contributed by atoms with van der Waals surface area (Å²) in [5.41, 5.74) is 2.27. The first-order valence-electron chi connectivity index (χ1n) is 8.71. The van der Waals surface area contributed by atoms with Gasteiger partial charge in [0.2, 0.25) is 5.91 Å². The lowest BCUT2D eigenvalue weighted by Crippen LogP contribution is -2.27. The Balaban J connectivity index is 1.48. The van der Waals surface area contributed by atoms with Crippen LogP contribution >= 0.6 is 27.7 Å². The number of benzene rings is 2. The highest BCUT2D eigenvalue weighted by Crippen LogP contribution is 2.39. The highest BCUT2D eigenvalue weighted by atomic mass is 79.9. The Morgan fingerprint density at radius 2 is 1.93 bits per heavy atom. The van der Waals surface area contributed by atoms with Crippen LogP contribution in [0.5, 0.6) is 0 Å². The quantitative estimate of drug-likeness (QED) is 0.581. The topological polar surface area (TPSA) is 62.6 Å². The zero-order valence-electron chi connectivity index (χ0n) is 14.8. The molecule has 2 heterocycles. The van der Waals surface area contributed by atoms with Gasteiger partial charge in [-0.2, -0.15) is 0 Å².